The Morgan fingerprint density at radius 2 is 2.04 bits per heavy atom. The van der Waals surface area contributed by atoms with Gasteiger partial charge < -0.3 is 15.4 Å². The number of halogens is 1. The number of aromatic nitrogens is 1. The second-order valence-corrected chi connectivity index (χ2v) is 7.47. The summed E-state index contributed by atoms with van der Waals surface area (Å²) in [5.41, 5.74) is 2.92. The van der Waals surface area contributed by atoms with E-state index >= 15 is 0 Å². The summed E-state index contributed by atoms with van der Waals surface area (Å²) in [7, 11) is 0. The summed E-state index contributed by atoms with van der Waals surface area (Å²) < 4.78 is 5.74. The highest BCUT2D eigenvalue weighted by Crippen LogP contribution is 2.31. The van der Waals surface area contributed by atoms with Crippen molar-refractivity contribution in [3.8, 4) is 0 Å². The molecule has 1 saturated heterocycles. The predicted octanol–water partition coefficient (Wildman–Crippen LogP) is 3.20. The highest BCUT2D eigenvalue weighted by molar-refractivity contribution is 5.85. The second-order valence-electron chi connectivity index (χ2n) is 7.47. The fourth-order valence-corrected chi connectivity index (χ4v) is 3.08. The number of rotatable bonds is 7. The molecule has 0 unspecified atom stereocenters. The van der Waals surface area contributed by atoms with Gasteiger partial charge in [0, 0.05) is 31.9 Å². The Balaban J connectivity index is 0.00000192. The van der Waals surface area contributed by atoms with Crippen molar-refractivity contribution in [3.05, 3.63) is 23.4 Å². The van der Waals surface area contributed by atoms with Gasteiger partial charge in [0.05, 0.1) is 6.10 Å². The summed E-state index contributed by atoms with van der Waals surface area (Å²) in [5.74, 6) is 1.11. The van der Waals surface area contributed by atoms with Crippen LogP contribution in [0.2, 0.25) is 0 Å². The summed E-state index contributed by atoms with van der Waals surface area (Å²) >= 11 is 0. The second kappa shape index (κ2) is 8.32. The normalized spacial score (nSPS) is 19.2. The number of hydrogen-bond acceptors (Lipinski definition) is 4. The van der Waals surface area contributed by atoms with E-state index in [9.17, 15) is 0 Å². The summed E-state index contributed by atoms with van der Waals surface area (Å²) in [5, 5.41) is 6.72. The minimum atomic E-state index is 0. The summed E-state index contributed by atoms with van der Waals surface area (Å²) in [6, 6.07) is 4.47. The van der Waals surface area contributed by atoms with Gasteiger partial charge in [0.1, 0.15) is 5.82 Å². The lowest BCUT2D eigenvalue weighted by molar-refractivity contribution is 0.0170. The fourth-order valence-electron chi connectivity index (χ4n) is 3.08. The lowest BCUT2D eigenvalue weighted by atomic mass is 9.83. The number of hydrogen-bond donors (Lipinski definition) is 2. The molecule has 1 fully saturated rings. The summed E-state index contributed by atoms with van der Waals surface area (Å²) in [6.07, 6.45) is 6.24. The summed E-state index contributed by atoms with van der Waals surface area (Å²) in [6.45, 7) is 8.59. The first-order valence-corrected chi connectivity index (χ1v) is 8.67. The minimum Gasteiger partial charge on any atom is -0.376 e. The lowest BCUT2D eigenvalue weighted by Crippen LogP contribution is -2.48. The number of unbranched alkanes of at least 4 members (excludes halogenated alkanes) is 2. The minimum absolute atomic E-state index is 0. The van der Waals surface area contributed by atoms with Gasteiger partial charge >= 0.3 is 0 Å². The molecule has 3 heterocycles. The van der Waals surface area contributed by atoms with Gasteiger partial charge in [-0.1, -0.05) is 26.3 Å². The van der Waals surface area contributed by atoms with Crippen LogP contribution in [0.3, 0.4) is 0 Å². The molecule has 1 aromatic heterocycles. The highest BCUT2D eigenvalue weighted by atomic mass is 35.5. The first-order valence-electron chi connectivity index (χ1n) is 8.67. The fraction of sp³-hybridized carbons (Fsp3) is 0.722. The van der Waals surface area contributed by atoms with Crippen molar-refractivity contribution in [1.29, 1.82) is 0 Å². The van der Waals surface area contributed by atoms with Gasteiger partial charge in [-0.2, -0.15) is 0 Å². The molecule has 0 spiro atoms. The topological polar surface area (TPSA) is 46.2 Å². The van der Waals surface area contributed by atoms with E-state index in [-0.39, 0.29) is 12.4 Å². The molecule has 5 heteroatoms. The van der Waals surface area contributed by atoms with E-state index in [4.69, 9.17) is 9.72 Å². The molecule has 1 aromatic rings. The van der Waals surface area contributed by atoms with Crippen LogP contribution in [0.15, 0.2) is 12.1 Å². The van der Waals surface area contributed by atoms with E-state index in [0.717, 1.165) is 51.3 Å². The molecule has 2 aliphatic rings. The van der Waals surface area contributed by atoms with Crippen LogP contribution in [0.4, 0.5) is 5.82 Å². The number of anilines is 1. The van der Waals surface area contributed by atoms with Crippen LogP contribution >= 0.6 is 12.4 Å². The Bertz CT molecular complexity index is 503. The molecule has 130 valence electrons. The van der Waals surface area contributed by atoms with Crippen LogP contribution < -0.4 is 10.6 Å². The van der Waals surface area contributed by atoms with Crippen molar-refractivity contribution >= 4 is 18.2 Å². The van der Waals surface area contributed by atoms with E-state index in [0.29, 0.717) is 11.5 Å². The zero-order chi connectivity index (χ0) is 15.4. The van der Waals surface area contributed by atoms with E-state index in [1.807, 2.05) is 0 Å². The molecule has 2 aliphatic heterocycles. The molecule has 4 nitrogen and oxygen atoms in total. The Labute approximate surface area is 146 Å². The van der Waals surface area contributed by atoms with Crippen molar-refractivity contribution in [2.45, 2.75) is 52.1 Å². The van der Waals surface area contributed by atoms with E-state index < -0.39 is 0 Å². The van der Waals surface area contributed by atoms with Gasteiger partial charge in [0.25, 0.3) is 0 Å². The van der Waals surface area contributed by atoms with E-state index in [2.05, 4.69) is 36.6 Å². The largest absolute Gasteiger partial charge is 0.376 e. The Hall–Kier alpha value is -0.840. The first kappa shape index (κ1) is 18.5. The predicted molar refractivity (Wildman–Crippen MR) is 97.6 cm³/mol. The van der Waals surface area contributed by atoms with Gasteiger partial charge in [0.15, 0.2) is 0 Å². The molecular formula is C18H30ClN3O. The maximum Gasteiger partial charge on any atom is 0.129 e. The van der Waals surface area contributed by atoms with Crippen LogP contribution in [-0.2, 0) is 17.6 Å². The number of pyridine rings is 1. The maximum atomic E-state index is 5.74. The van der Waals surface area contributed by atoms with Crippen molar-refractivity contribution < 1.29 is 4.74 Å². The maximum absolute atomic E-state index is 5.74. The highest BCUT2D eigenvalue weighted by Gasteiger charge is 2.25. The zero-order valence-corrected chi connectivity index (χ0v) is 15.2. The third kappa shape index (κ3) is 5.33. The SMILES string of the molecule is CC1(C)CNc2nc(CCCCCOC3CNC3)ccc2C1.Cl. The summed E-state index contributed by atoms with van der Waals surface area (Å²) in [4.78, 5) is 4.80. The third-order valence-corrected chi connectivity index (χ3v) is 4.61. The number of fused-ring (bicyclic) bond motifs is 1. The van der Waals surface area contributed by atoms with Crippen molar-refractivity contribution in [3.63, 3.8) is 0 Å². The molecular weight excluding hydrogens is 310 g/mol. The molecule has 23 heavy (non-hydrogen) atoms. The van der Waals surface area contributed by atoms with Crippen LogP contribution in [0.5, 0.6) is 0 Å². The lowest BCUT2D eigenvalue weighted by Gasteiger charge is -2.31. The smallest absolute Gasteiger partial charge is 0.129 e. The standard InChI is InChI=1S/C18H29N3O.ClH/c1-18(2)10-14-7-8-15(21-17(14)20-13-18)6-4-3-5-9-22-16-11-19-12-16;/h7-8,16,19H,3-6,9-13H2,1-2H3,(H,20,21);1H. The number of aryl methyl sites for hydroxylation is 1. The average molecular weight is 340 g/mol. The molecule has 0 aliphatic carbocycles. The molecule has 3 rings (SSSR count). The molecule has 0 saturated carbocycles. The third-order valence-electron chi connectivity index (χ3n) is 4.61. The first-order chi connectivity index (χ1) is 10.6. The number of nitrogens with zero attached hydrogens (tertiary/aromatic N) is 1. The molecule has 2 N–H and O–H groups in total. The van der Waals surface area contributed by atoms with E-state index in [1.54, 1.807) is 0 Å². The number of ether oxygens (including phenoxy) is 1. The van der Waals surface area contributed by atoms with Crippen LogP contribution in [0.25, 0.3) is 0 Å². The molecule has 0 amide bonds. The van der Waals surface area contributed by atoms with Gasteiger partial charge in [-0.15, -0.1) is 12.4 Å². The van der Waals surface area contributed by atoms with Crippen molar-refractivity contribution in [2.75, 3.05) is 31.6 Å². The molecule has 0 atom stereocenters. The van der Waals surface area contributed by atoms with Crippen molar-refractivity contribution in [1.82, 2.24) is 10.3 Å². The van der Waals surface area contributed by atoms with Crippen LogP contribution in [-0.4, -0.2) is 37.3 Å². The number of nitrogens with one attached hydrogen (secondary N) is 2. The Morgan fingerprint density at radius 1 is 1.22 bits per heavy atom. The van der Waals surface area contributed by atoms with Gasteiger partial charge in [0.2, 0.25) is 0 Å². The van der Waals surface area contributed by atoms with Gasteiger partial charge in [-0.05, 0) is 42.7 Å². The molecule has 0 radical (unpaired) electrons. The monoisotopic (exact) mass is 339 g/mol. The Kier molecular flexibility index (Phi) is 6.69. The van der Waals surface area contributed by atoms with Gasteiger partial charge in [-0.25, -0.2) is 4.98 Å². The van der Waals surface area contributed by atoms with Crippen LogP contribution in [0.1, 0.15) is 44.4 Å². The quantitative estimate of drug-likeness (QED) is 0.749. The van der Waals surface area contributed by atoms with Crippen molar-refractivity contribution in [2.24, 2.45) is 5.41 Å². The molecule has 0 bridgehead atoms. The molecule has 0 aromatic carbocycles. The average Bonchev–Trinajstić information content (AvgIpc) is 2.44. The van der Waals surface area contributed by atoms with Gasteiger partial charge in [-0.3, -0.25) is 0 Å². The Morgan fingerprint density at radius 3 is 2.78 bits per heavy atom. The zero-order valence-electron chi connectivity index (χ0n) is 14.4. The van der Waals surface area contributed by atoms with E-state index in [1.165, 1.54) is 24.1 Å². The van der Waals surface area contributed by atoms with Crippen LogP contribution in [0, 0.1) is 5.41 Å².